The lowest BCUT2D eigenvalue weighted by molar-refractivity contribution is -0.119. The highest BCUT2D eigenvalue weighted by Crippen LogP contribution is 2.21. The van der Waals surface area contributed by atoms with Crippen molar-refractivity contribution < 1.29 is 19.1 Å². The Bertz CT molecular complexity index is 890. The summed E-state index contributed by atoms with van der Waals surface area (Å²) >= 11 is 0. The molecular weight excluding hydrogens is 384 g/mol. The van der Waals surface area contributed by atoms with Gasteiger partial charge in [-0.3, -0.25) is 9.59 Å². The van der Waals surface area contributed by atoms with Gasteiger partial charge in [0.2, 0.25) is 0 Å². The van der Waals surface area contributed by atoms with Gasteiger partial charge < -0.3 is 26.0 Å². The van der Waals surface area contributed by atoms with Gasteiger partial charge in [0.05, 0.1) is 5.56 Å². The van der Waals surface area contributed by atoms with Gasteiger partial charge in [-0.05, 0) is 49.2 Å². The number of amides is 4. The van der Waals surface area contributed by atoms with Crippen LogP contribution < -0.4 is 21.1 Å². The molecule has 8 heteroatoms. The Morgan fingerprint density at radius 1 is 0.867 bits per heavy atom. The van der Waals surface area contributed by atoms with Crippen molar-refractivity contribution in [3.8, 4) is 5.75 Å². The van der Waals surface area contributed by atoms with Gasteiger partial charge >= 0.3 is 6.03 Å². The van der Waals surface area contributed by atoms with Gasteiger partial charge in [0.1, 0.15) is 5.75 Å². The SMILES string of the molecule is NC(=O)COc1ccccc1C(=O)Nc1ccc(NC(=O)N2CCCCCC2)cc1. The molecule has 0 saturated carbocycles. The Balaban J connectivity index is 1.59. The van der Waals surface area contributed by atoms with Crippen LogP contribution in [0, 0.1) is 0 Å². The smallest absolute Gasteiger partial charge is 0.321 e. The average Bonchev–Trinajstić information content (AvgIpc) is 3.03. The number of carbonyl (C=O) groups is 3. The van der Waals surface area contributed by atoms with E-state index in [4.69, 9.17) is 10.5 Å². The number of hydrogen-bond acceptors (Lipinski definition) is 4. The normalized spacial score (nSPS) is 13.8. The fraction of sp³-hybridized carbons (Fsp3) is 0.318. The van der Waals surface area contributed by atoms with Crippen LogP contribution in [-0.2, 0) is 4.79 Å². The number of nitrogens with one attached hydrogen (secondary N) is 2. The molecule has 158 valence electrons. The molecule has 30 heavy (non-hydrogen) atoms. The van der Waals surface area contributed by atoms with Crippen LogP contribution in [0.3, 0.4) is 0 Å². The lowest BCUT2D eigenvalue weighted by Gasteiger charge is -2.20. The summed E-state index contributed by atoms with van der Waals surface area (Å²) in [6, 6.07) is 13.4. The molecule has 0 bridgehead atoms. The van der Waals surface area contributed by atoms with E-state index in [1.165, 1.54) is 0 Å². The summed E-state index contributed by atoms with van der Waals surface area (Å²) in [5.74, 6) is -0.727. The largest absolute Gasteiger partial charge is 0.483 e. The fourth-order valence-electron chi connectivity index (χ4n) is 3.24. The molecule has 2 aromatic rings. The molecule has 3 rings (SSSR count). The van der Waals surface area contributed by atoms with Gasteiger partial charge in [0.15, 0.2) is 6.61 Å². The summed E-state index contributed by atoms with van der Waals surface area (Å²) in [5.41, 5.74) is 6.61. The second-order valence-electron chi connectivity index (χ2n) is 7.11. The summed E-state index contributed by atoms with van der Waals surface area (Å²) in [7, 11) is 0. The lowest BCUT2D eigenvalue weighted by Crippen LogP contribution is -2.35. The van der Waals surface area contributed by atoms with Crippen molar-refractivity contribution in [2.75, 3.05) is 30.3 Å². The number of primary amides is 1. The average molecular weight is 410 g/mol. The van der Waals surface area contributed by atoms with Gasteiger partial charge in [0.25, 0.3) is 11.8 Å². The number of hydrogen-bond donors (Lipinski definition) is 3. The molecule has 1 saturated heterocycles. The molecule has 1 fully saturated rings. The molecular formula is C22H26N4O4. The van der Waals surface area contributed by atoms with Gasteiger partial charge in [-0.25, -0.2) is 4.79 Å². The number of urea groups is 1. The Labute approximate surface area is 175 Å². The summed E-state index contributed by atoms with van der Waals surface area (Å²) < 4.78 is 5.30. The molecule has 0 unspecified atom stereocenters. The third kappa shape index (κ3) is 5.97. The zero-order valence-corrected chi connectivity index (χ0v) is 16.7. The molecule has 0 radical (unpaired) electrons. The quantitative estimate of drug-likeness (QED) is 0.678. The Morgan fingerprint density at radius 3 is 2.10 bits per heavy atom. The summed E-state index contributed by atoms with van der Waals surface area (Å²) in [5, 5.41) is 5.68. The van der Waals surface area contributed by atoms with Crippen LogP contribution >= 0.6 is 0 Å². The molecule has 1 aliphatic heterocycles. The van der Waals surface area contributed by atoms with Crippen LogP contribution in [0.2, 0.25) is 0 Å². The first-order valence-corrected chi connectivity index (χ1v) is 10.0. The van der Waals surface area contributed by atoms with Crippen LogP contribution in [-0.4, -0.2) is 42.4 Å². The molecule has 1 aliphatic rings. The molecule has 8 nitrogen and oxygen atoms in total. The van der Waals surface area contributed by atoms with Gasteiger partial charge in [0, 0.05) is 24.5 Å². The van der Waals surface area contributed by atoms with E-state index < -0.39 is 5.91 Å². The number of ether oxygens (including phenoxy) is 1. The van der Waals surface area contributed by atoms with Crippen molar-refractivity contribution in [2.45, 2.75) is 25.7 Å². The van der Waals surface area contributed by atoms with E-state index in [0.29, 0.717) is 11.4 Å². The molecule has 0 aliphatic carbocycles. The van der Waals surface area contributed by atoms with Gasteiger partial charge in [-0.2, -0.15) is 0 Å². The van der Waals surface area contributed by atoms with Gasteiger partial charge in [-0.1, -0.05) is 25.0 Å². The maximum atomic E-state index is 12.6. The Hall–Kier alpha value is -3.55. The lowest BCUT2D eigenvalue weighted by atomic mass is 10.2. The van der Waals surface area contributed by atoms with E-state index in [1.807, 2.05) is 4.90 Å². The maximum Gasteiger partial charge on any atom is 0.321 e. The molecule has 4 amide bonds. The topological polar surface area (TPSA) is 114 Å². The number of benzene rings is 2. The van der Waals surface area contributed by atoms with Crippen LogP contribution in [0.15, 0.2) is 48.5 Å². The number of carbonyl (C=O) groups excluding carboxylic acids is 3. The minimum absolute atomic E-state index is 0.103. The molecule has 0 aromatic heterocycles. The minimum atomic E-state index is -0.622. The van der Waals surface area contributed by atoms with E-state index in [0.717, 1.165) is 38.8 Å². The van der Waals surface area contributed by atoms with Gasteiger partial charge in [-0.15, -0.1) is 0 Å². The third-order valence-electron chi connectivity index (χ3n) is 4.79. The Kier molecular flexibility index (Phi) is 7.26. The first kappa shape index (κ1) is 21.2. The highest BCUT2D eigenvalue weighted by Gasteiger charge is 2.16. The van der Waals surface area contributed by atoms with Crippen molar-refractivity contribution in [2.24, 2.45) is 5.73 Å². The highest BCUT2D eigenvalue weighted by atomic mass is 16.5. The van der Waals surface area contributed by atoms with Crippen molar-refractivity contribution in [3.63, 3.8) is 0 Å². The van der Waals surface area contributed by atoms with Crippen LogP contribution in [0.5, 0.6) is 5.75 Å². The van der Waals surface area contributed by atoms with Crippen LogP contribution in [0.4, 0.5) is 16.2 Å². The van der Waals surface area contributed by atoms with E-state index in [-0.39, 0.29) is 29.9 Å². The monoisotopic (exact) mass is 410 g/mol. The fourth-order valence-corrected chi connectivity index (χ4v) is 3.24. The first-order valence-electron chi connectivity index (χ1n) is 10.0. The number of nitrogens with two attached hydrogens (primary N) is 1. The molecule has 0 spiro atoms. The summed E-state index contributed by atoms with van der Waals surface area (Å²) in [6.07, 6.45) is 4.38. The molecule has 2 aromatic carbocycles. The minimum Gasteiger partial charge on any atom is -0.483 e. The number of anilines is 2. The van der Waals surface area contributed by atoms with Crippen molar-refractivity contribution >= 4 is 29.2 Å². The number of nitrogens with zero attached hydrogens (tertiary/aromatic N) is 1. The predicted octanol–water partition coefficient (Wildman–Crippen LogP) is 3.21. The standard InChI is InChI=1S/C22H26N4O4/c23-20(27)15-30-19-8-4-3-7-18(19)21(28)24-16-9-11-17(12-10-16)25-22(29)26-13-5-1-2-6-14-26/h3-4,7-12H,1-2,5-6,13-15H2,(H2,23,27)(H,24,28)(H,25,29). The van der Waals surface area contributed by atoms with Crippen LogP contribution in [0.1, 0.15) is 36.0 Å². The second-order valence-corrected chi connectivity index (χ2v) is 7.11. The van der Waals surface area contributed by atoms with E-state index in [9.17, 15) is 14.4 Å². The van der Waals surface area contributed by atoms with E-state index >= 15 is 0 Å². The third-order valence-corrected chi connectivity index (χ3v) is 4.79. The van der Waals surface area contributed by atoms with Crippen molar-refractivity contribution in [1.82, 2.24) is 4.90 Å². The van der Waals surface area contributed by atoms with E-state index in [2.05, 4.69) is 10.6 Å². The maximum absolute atomic E-state index is 12.6. The second kappa shape index (κ2) is 10.3. The zero-order chi connectivity index (χ0) is 21.3. The summed E-state index contributed by atoms with van der Waals surface area (Å²) in [6.45, 7) is 1.24. The molecule has 4 N–H and O–H groups in total. The Morgan fingerprint density at radius 2 is 1.47 bits per heavy atom. The number of rotatable bonds is 6. The number of likely N-dealkylation sites (tertiary alicyclic amines) is 1. The molecule has 0 atom stereocenters. The van der Waals surface area contributed by atoms with Crippen LogP contribution in [0.25, 0.3) is 0 Å². The van der Waals surface area contributed by atoms with Crippen molar-refractivity contribution in [1.29, 1.82) is 0 Å². The molecule has 1 heterocycles. The van der Waals surface area contributed by atoms with Crippen molar-refractivity contribution in [3.05, 3.63) is 54.1 Å². The van der Waals surface area contributed by atoms with E-state index in [1.54, 1.807) is 48.5 Å². The highest BCUT2D eigenvalue weighted by molar-refractivity contribution is 6.06. The first-order chi connectivity index (χ1) is 14.5. The number of para-hydroxylation sites is 1. The zero-order valence-electron chi connectivity index (χ0n) is 16.7. The summed E-state index contributed by atoms with van der Waals surface area (Å²) in [4.78, 5) is 37.8. The predicted molar refractivity (Wildman–Crippen MR) is 115 cm³/mol.